The van der Waals surface area contributed by atoms with Crippen LogP contribution in [0.25, 0.3) is 11.1 Å². The standard InChI is InChI=1S/C17H17N3O4/c1-20(10-11-3-6-13(23-2)7-4-11)17-18-14-9-12(16(21)19-22)5-8-15(14)24-17/h3-9,22H,10H2,1-2H3,(H,19,21). The number of amides is 1. The van der Waals surface area contributed by atoms with Gasteiger partial charge in [0.15, 0.2) is 5.58 Å². The number of methoxy groups -OCH3 is 1. The van der Waals surface area contributed by atoms with Crippen molar-refractivity contribution in [2.45, 2.75) is 6.54 Å². The Kier molecular flexibility index (Phi) is 4.35. The van der Waals surface area contributed by atoms with Gasteiger partial charge >= 0.3 is 0 Å². The molecule has 0 saturated carbocycles. The molecule has 1 heterocycles. The third-order valence-corrected chi connectivity index (χ3v) is 3.65. The highest BCUT2D eigenvalue weighted by Gasteiger charge is 2.13. The van der Waals surface area contributed by atoms with Gasteiger partial charge in [0.2, 0.25) is 0 Å². The second-order valence-electron chi connectivity index (χ2n) is 5.32. The van der Waals surface area contributed by atoms with Gasteiger partial charge in [0, 0.05) is 19.2 Å². The fraction of sp³-hybridized carbons (Fsp3) is 0.176. The van der Waals surface area contributed by atoms with E-state index in [1.807, 2.05) is 36.2 Å². The molecule has 0 atom stereocenters. The van der Waals surface area contributed by atoms with Crippen LogP contribution in [0, 0.1) is 0 Å². The SMILES string of the molecule is COc1ccc(CN(C)c2nc3cc(C(=O)NO)ccc3o2)cc1. The Morgan fingerprint density at radius 1 is 1.29 bits per heavy atom. The lowest BCUT2D eigenvalue weighted by molar-refractivity contribution is 0.0706. The van der Waals surface area contributed by atoms with Gasteiger partial charge in [-0.3, -0.25) is 10.0 Å². The molecule has 0 radical (unpaired) electrons. The van der Waals surface area contributed by atoms with Gasteiger partial charge in [0.05, 0.1) is 7.11 Å². The van der Waals surface area contributed by atoms with E-state index in [0.717, 1.165) is 11.3 Å². The van der Waals surface area contributed by atoms with Crippen LogP contribution in [-0.2, 0) is 6.54 Å². The minimum Gasteiger partial charge on any atom is -0.497 e. The number of ether oxygens (including phenoxy) is 1. The molecule has 24 heavy (non-hydrogen) atoms. The average Bonchev–Trinajstić information content (AvgIpc) is 3.05. The summed E-state index contributed by atoms with van der Waals surface area (Å²) in [5, 5.41) is 8.69. The molecule has 0 aliphatic rings. The highest BCUT2D eigenvalue weighted by atomic mass is 16.5. The number of oxazole rings is 1. The van der Waals surface area contributed by atoms with Gasteiger partial charge in [-0.2, -0.15) is 4.98 Å². The molecular formula is C17H17N3O4. The predicted molar refractivity (Wildman–Crippen MR) is 88.4 cm³/mol. The van der Waals surface area contributed by atoms with Gasteiger partial charge < -0.3 is 14.1 Å². The summed E-state index contributed by atoms with van der Waals surface area (Å²) in [6.45, 7) is 0.612. The number of hydrogen-bond acceptors (Lipinski definition) is 6. The van der Waals surface area contributed by atoms with Crippen molar-refractivity contribution in [1.82, 2.24) is 10.5 Å². The molecule has 2 N–H and O–H groups in total. The molecule has 1 amide bonds. The fourth-order valence-electron chi connectivity index (χ4n) is 2.36. The Morgan fingerprint density at radius 2 is 2.04 bits per heavy atom. The molecule has 0 fully saturated rings. The quantitative estimate of drug-likeness (QED) is 0.553. The molecule has 0 bridgehead atoms. The average molecular weight is 327 g/mol. The summed E-state index contributed by atoms with van der Waals surface area (Å²) in [7, 11) is 3.50. The number of rotatable bonds is 5. The van der Waals surface area contributed by atoms with Crippen LogP contribution < -0.4 is 15.1 Å². The molecule has 124 valence electrons. The van der Waals surface area contributed by atoms with Crippen LogP contribution >= 0.6 is 0 Å². The maximum Gasteiger partial charge on any atom is 0.298 e. The summed E-state index contributed by atoms with van der Waals surface area (Å²) in [5.74, 6) is 0.214. The third kappa shape index (κ3) is 3.16. The van der Waals surface area contributed by atoms with Crippen LogP contribution in [0.4, 0.5) is 6.01 Å². The van der Waals surface area contributed by atoms with E-state index in [2.05, 4.69) is 4.98 Å². The maximum atomic E-state index is 11.5. The van der Waals surface area contributed by atoms with Crippen molar-refractivity contribution in [2.75, 3.05) is 19.1 Å². The molecular weight excluding hydrogens is 310 g/mol. The van der Waals surface area contributed by atoms with Crippen molar-refractivity contribution in [2.24, 2.45) is 0 Å². The molecule has 7 heteroatoms. The number of anilines is 1. The lowest BCUT2D eigenvalue weighted by Gasteiger charge is -2.14. The van der Waals surface area contributed by atoms with Crippen LogP contribution in [0.15, 0.2) is 46.9 Å². The molecule has 0 aliphatic carbocycles. The van der Waals surface area contributed by atoms with E-state index in [0.29, 0.717) is 29.2 Å². The van der Waals surface area contributed by atoms with Crippen LogP contribution in [0.3, 0.4) is 0 Å². The lowest BCUT2D eigenvalue weighted by atomic mass is 10.2. The monoisotopic (exact) mass is 327 g/mol. The van der Waals surface area contributed by atoms with Gasteiger partial charge in [-0.15, -0.1) is 0 Å². The summed E-state index contributed by atoms with van der Waals surface area (Å²) >= 11 is 0. The zero-order valence-electron chi connectivity index (χ0n) is 13.3. The number of carbonyl (C=O) groups is 1. The van der Waals surface area contributed by atoms with Crippen LogP contribution in [0.1, 0.15) is 15.9 Å². The van der Waals surface area contributed by atoms with Gasteiger partial charge in [-0.25, -0.2) is 5.48 Å². The summed E-state index contributed by atoms with van der Waals surface area (Å²) in [4.78, 5) is 17.7. The van der Waals surface area contributed by atoms with Crippen molar-refractivity contribution in [3.05, 3.63) is 53.6 Å². The topological polar surface area (TPSA) is 87.8 Å². The Morgan fingerprint density at radius 3 is 2.71 bits per heavy atom. The Hall–Kier alpha value is -3.06. The largest absolute Gasteiger partial charge is 0.497 e. The van der Waals surface area contributed by atoms with E-state index < -0.39 is 5.91 Å². The van der Waals surface area contributed by atoms with E-state index in [1.165, 1.54) is 0 Å². The number of benzene rings is 2. The third-order valence-electron chi connectivity index (χ3n) is 3.65. The van der Waals surface area contributed by atoms with Gasteiger partial charge in [0.25, 0.3) is 11.9 Å². The van der Waals surface area contributed by atoms with Crippen LogP contribution in [0.5, 0.6) is 5.75 Å². The van der Waals surface area contributed by atoms with E-state index in [9.17, 15) is 4.79 Å². The molecule has 0 spiro atoms. The number of hydrogen-bond donors (Lipinski definition) is 2. The van der Waals surface area contributed by atoms with Crippen molar-refractivity contribution >= 4 is 23.0 Å². The van der Waals surface area contributed by atoms with Gasteiger partial charge in [-0.1, -0.05) is 12.1 Å². The number of nitrogens with zero attached hydrogens (tertiary/aromatic N) is 2. The number of hydroxylamine groups is 1. The normalized spacial score (nSPS) is 10.6. The first-order valence-corrected chi connectivity index (χ1v) is 7.30. The first kappa shape index (κ1) is 15.8. The predicted octanol–water partition coefficient (Wildman–Crippen LogP) is 2.59. The zero-order chi connectivity index (χ0) is 17.1. The number of nitrogens with one attached hydrogen (secondary N) is 1. The van der Waals surface area contributed by atoms with Crippen LogP contribution in [-0.4, -0.2) is 30.3 Å². The highest BCUT2D eigenvalue weighted by Crippen LogP contribution is 2.23. The second-order valence-corrected chi connectivity index (χ2v) is 5.32. The summed E-state index contributed by atoms with van der Waals surface area (Å²) in [6.07, 6.45) is 0. The minimum absolute atomic E-state index is 0.308. The Bertz CT molecular complexity index is 858. The number of carbonyl (C=O) groups excluding carboxylic acids is 1. The first-order valence-electron chi connectivity index (χ1n) is 7.30. The molecule has 3 rings (SSSR count). The first-order chi connectivity index (χ1) is 11.6. The Labute approximate surface area is 138 Å². The van der Waals surface area contributed by atoms with Gasteiger partial charge in [-0.05, 0) is 35.9 Å². The molecule has 2 aromatic carbocycles. The molecule has 0 aliphatic heterocycles. The van der Waals surface area contributed by atoms with E-state index in [4.69, 9.17) is 14.4 Å². The summed E-state index contributed by atoms with van der Waals surface area (Å²) in [6, 6.07) is 13.0. The van der Waals surface area contributed by atoms with E-state index in [-0.39, 0.29) is 0 Å². The smallest absolute Gasteiger partial charge is 0.298 e. The van der Waals surface area contributed by atoms with Crippen molar-refractivity contribution in [3.8, 4) is 5.75 Å². The Balaban J connectivity index is 1.81. The number of aromatic nitrogens is 1. The van der Waals surface area contributed by atoms with E-state index >= 15 is 0 Å². The van der Waals surface area contributed by atoms with Crippen LogP contribution in [0.2, 0.25) is 0 Å². The fourth-order valence-corrected chi connectivity index (χ4v) is 2.36. The zero-order valence-corrected chi connectivity index (χ0v) is 13.3. The van der Waals surface area contributed by atoms with Crippen molar-refractivity contribution in [1.29, 1.82) is 0 Å². The highest BCUT2D eigenvalue weighted by molar-refractivity contribution is 5.96. The summed E-state index contributed by atoms with van der Waals surface area (Å²) < 4.78 is 10.9. The summed E-state index contributed by atoms with van der Waals surface area (Å²) in [5.41, 5.74) is 4.11. The molecule has 0 saturated heterocycles. The maximum absolute atomic E-state index is 11.5. The number of fused-ring (bicyclic) bond motifs is 1. The lowest BCUT2D eigenvalue weighted by Crippen LogP contribution is -2.18. The van der Waals surface area contributed by atoms with Crippen molar-refractivity contribution < 1.29 is 19.2 Å². The minimum atomic E-state index is -0.590. The second kappa shape index (κ2) is 6.59. The molecule has 1 aromatic heterocycles. The molecule has 0 unspecified atom stereocenters. The van der Waals surface area contributed by atoms with Gasteiger partial charge in [0.1, 0.15) is 11.3 Å². The molecule has 3 aromatic rings. The van der Waals surface area contributed by atoms with E-state index in [1.54, 1.807) is 30.8 Å². The molecule has 7 nitrogen and oxygen atoms in total. The van der Waals surface area contributed by atoms with Crippen molar-refractivity contribution in [3.63, 3.8) is 0 Å².